The molecule has 0 heterocycles. The predicted octanol–water partition coefficient (Wildman–Crippen LogP) is 4.02. The lowest BCUT2D eigenvalue weighted by atomic mass is 9.86. The molecule has 0 aromatic carbocycles. The molecular weight excluding hydrogens is 132 g/mol. The molecule has 11 heavy (non-hydrogen) atoms. The van der Waals surface area contributed by atoms with E-state index >= 15 is 0 Å². The minimum Gasteiger partial charge on any atom is -0.103 e. The van der Waals surface area contributed by atoms with Crippen LogP contribution in [0.25, 0.3) is 0 Å². The van der Waals surface area contributed by atoms with Gasteiger partial charge in [0.05, 0.1) is 0 Å². The number of rotatable bonds is 6. The number of hydrogen-bond acceptors (Lipinski definition) is 0. The van der Waals surface area contributed by atoms with Gasteiger partial charge in [-0.2, -0.15) is 0 Å². The van der Waals surface area contributed by atoms with E-state index in [1.54, 1.807) is 0 Å². The Kier molecular flexibility index (Phi) is 6.30. The van der Waals surface area contributed by atoms with Crippen LogP contribution in [0.4, 0.5) is 0 Å². The van der Waals surface area contributed by atoms with Gasteiger partial charge in [-0.3, -0.25) is 0 Å². The third-order valence-electron chi connectivity index (χ3n) is 2.53. The second-order valence-electron chi connectivity index (χ2n) is 3.46. The molecule has 66 valence electrons. The van der Waals surface area contributed by atoms with E-state index in [1.807, 2.05) is 6.08 Å². The largest absolute Gasteiger partial charge is 0.103 e. The first-order valence-corrected chi connectivity index (χ1v) is 4.87. The highest BCUT2D eigenvalue weighted by Gasteiger charge is 2.12. The first-order chi connectivity index (χ1) is 5.26. The molecule has 0 aromatic heterocycles. The van der Waals surface area contributed by atoms with Gasteiger partial charge in [-0.05, 0) is 18.3 Å². The van der Waals surface area contributed by atoms with Crippen LogP contribution in [-0.2, 0) is 0 Å². The van der Waals surface area contributed by atoms with E-state index in [9.17, 15) is 0 Å². The summed E-state index contributed by atoms with van der Waals surface area (Å²) in [7, 11) is 0. The Hall–Kier alpha value is -0.260. The van der Waals surface area contributed by atoms with Crippen molar-refractivity contribution >= 4 is 0 Å². The Morgan fingerprint density at radius 2 is 2.00 bits per heavy atom. The number of allylic oxidation sites excluding steroid dienone is 1. The Bertz CT molecular complexity index is 94.2. The molecule has 2 unspecified atom stereocenters. The van der Waals surface area contributed by atoms with Gasteiger partial charge in [0.15, 0.2) is 0 Å². The minimum atomic E-state index is 0.831. The molecule has 0 radical (unpaired) electrons. The summed E-state index contributed by atoms with van der Waals surface area (Å²) in [6, 6.07) is 0. The normalized spacial score (nSPS) is 15.9. The molecule has 0 nitrogen and oxygen atoms in total. The molecule has 0 aromatic rings. The molecular formula is C11H22. The quantitative estimate of drug-likeness (QED) is 0.507. The van der Waals surface area contributed by atoms with Crippen molar-refractivity contribution in [1.82, 2.24) is 0 Å². The molecule has 0 aliphatic heterocycles. The molecule has 0 aliphatic rings. The van der Waals surface area contributed by atoms with Gasteiger partial charge in [0, 0.05) is 0 Å². The first kappa shape index (κ1) is 10.7. The fourth-order valence-corrected chi connectivity index (χ4v) is 1.72. The van der Waals surface area contributed by atoms with Crippen LogP contribution >= 0.6 is 0 Å². The van der Waals surface area contributed by atoms with E-state index in [4.69, 9.17) is 0 Å². The Morgan fingerprint density at radius 1 is 1.36 bits per heavy atom. The highest BCUT2D eigenvalue weighted by atomic mass is 14.2. The lowest BCUT2D eigenvalue weighted by Gasteiger charge is -2.20. The minimum absolute atomic E-state index is 0.831. The third-order valence-corrected chi connectivity index (χ3v) is 2.53. The fourth-order valence-electron chi connectivity index (χ4n) is 1.72. The third kappa shape index (κ3) is 4.23. The van der Waals surface area contributed by atoms with Crippen molar-refractivity contribution in [3.8, 4) is 0 Å². The topological polar surface area (TPSA) is 0 Å². The van der Waals surface area contributed by atoms with Gasteiger partial charge in [0.25, 0.3) is 0 Å². The molecule has 0 saturated heterocycles. The summed E-state index contributed by atoms with van der Waals surface area (Å²) in [4.78, 5) is 0. The maximum atomic E-state index is 3.78. The number of hydrogen-bond donors (Lipinski definition) is 0. The average molecular weight is 154 g/mol. The van der Waals surface area contributed by atoms with Gasteiger partial charge in [0.1, 0.15) is 0 Å². The SMILES string of the molecule is C=CCC(C)C(CC)CCC. The van der Waals surface area contributed by atoms with E-state index in [0.717, 1.165) is 11.8 Å². The maximum absolute atomic E-state index is 3.78. The second kappa shape index (κ2) is 6.45. The van der Waals surface area contributed by atoms with Crippen LogP contribution in [0.5, 0.6) is 0 Å². The molecule has 2 atom stereocenters. The summed E-state index contributed by atoms with van der Waals surface area (Å²) in [5.74, 6) is 1.75. The molecule has 0 rings (SSSR count). The predicted molar refractivity (Wildman–Crippen MR) is 52.7 cm³/mol. The van der Waals surface area contributed by atoms with Gasteiger partial charge in [-0.15, -0.1) is 6.58 Å². The second-order valence-corrected chi connectivity index (χ2v) is 3.46. The van der Waals surface area contributed by atoms with Crippen molar-refractivity contribution in [3.05, 3.63) is 12.7 Å². The van der Waals surface area contributed by atoms with Gasteiger partial charge in [-0.1, -0.05) is 46.1 Å². The summed E-state index contributed by atoms with van der Waals surface area (Å²) in [5, 5.41) is 0. The lowest BCUT2D eigenvalue weighted by Crippen LogP contribution is -2.09. The van der Waals surface area contributed by atoms with E-state index in [1.165, 1.54) is 25.7 Å². The summed E-state index contributed by atoms with van der Waals surface area (Å²) < 4.78 is 0. The van der Waals surface area contributed by atoms with Gasteiger partial charge >= 0.3 is 0 Å². The van der Waals surface area contributed by atoms with Gasteiger partial charge in [0.2, 0.25) is 0 Å². The maximum Gasteiger partial charge on any atom is -0.0325 e. The van der Waals surface area contributed by atoms with Crippen molar-refractivity contribution in [2.75, 3.05) is 0 Å². The highest BCUT2D eigenvalue weighted by Crippen LogP contribution is 2.23. The van der Waals surface area contributed by atoms with Crippen LogP contribution < -0.4 is 0 Å². The van der Waals surface area contributed by atoms with E-state index in [-0.39, 0.29) is 0 Å². The smallest absolute Gasteiger partial charge is 0.0325 e. The van der Waals surface area contributed by atoms with Crippen LogP contribution in [0, 0.1) is 11.8 Å². The standard InChI is InChI=1S/C11H22/c1-5-8-10(4)11(7-3)9-6-2/h5,10-11H,1,6-9H2,2-4H3. The Morgan fingerprint density at radius 3 is 2.36 bits per heavy atom. The summed E-state index contributed by atoms with van der Waals surface area (Å²) in [5.41, 5.74) is 0. The van der Waals surface area contributed by atoms with Gasteiger partial charge in [-0.25, -0.2) is 0 Å². The molecule has 0 spiro atoms. The molecule has 0 amide bonds. The highest BCUT2D eigenvalue weighted by molar-refractivity contribution is 4.74. The van der Waals surface area contributed by atoms with Crippen molar-refractivity contribution in [1.29, 1.82) is 0 Å². The monoisotopic (exact) mass is 154 g/mol. The zero-order valence-corrected chi connectivity index (χ0v) is 8.27. The molecule has 0 aliphatic carbocycles. The lowest BCUT2D eigenvalue weighted by molar-refractivity contribution is 0.325. The van der Waals surface area contributed by atoms with E-state index in [2.05, 4.69) is 27.4 Å². The molecule has 0 N–H and O–H groups in total. The summed E-state index contributed by atoms with van der Waals surface area (Å²) >= 11 is 0. The molecule has 0 fully saturated rings. The van der Waals surface area contributed by atoms with Crippen LogP contribution in [0.2, 0.25) is 0 Å². The van der Waals surface area contributed by atoms with E-state index < -0.39 is 0 Å². The summed E-state index contributed by atoms with van der Waals surface area (Å²) in [6.07, 6.45) is 7.25. The van der Waals surface area contributed by atoms with Crippen LogP contribution in [0.15, 0.2) is 12.7 Å². The van der Waals surface area contributed by atoms with Gasteiger partial charge < -0.3 is 0 Å². The van der Waals surface area contributed by atoms with Crippen molar-refractivity contribution in [3.63, 3.8) is 0 Å². The Balaban J connectivity index is 3.70. The molecule has 0 heteroatoms. The van der Waals surface area contributed by atoms with Crippen LogP contribution in [0.3, 0.4) is 0 Å². The van der Waals surface area contributed by atoms with Crippen LogP contribution in [-0.4, -0.2) is 0 Å². The zero-order chi connectivity index (χ0) is 8.69. The van der Waals surface area contributed by atoms with Crippen molar-refractivity contribution in [2.45, 2.75) is 46.5 Å². The fraction of sp³-hybridized carbons (Fsp3) is 0.818. The van der Waals surface area contributed by atoms with E-state index in [0.29, 0.717) is 0 Å². The average Bonchev–Trinajstić information content (AvgIpc) is 2.00. The summed E-state index contributed by atoms with van der Waals surface area (Å²) in [6.45, 7) is 10.7. The van der Waals surface area contributed by atoms with Crippen molar-refractivity contribution in [2.24, 2.45) is 11.8 Å². The van der Waals surface area contributed by atoms with Crippen molar-refractivity contribution < 1.29 is 0 Å². The van der Waals surface area contributed by atoms with Crippen LogP contribution in [0.1, 0.15) is 46.5 Å². The Labute approximate surface area is 71.7 Å². The zero-order valence-electron chi connectivity index (χ0n) is 8.27. The first-order valence-electron chi connectivity index (χ1n) is 4.87. The molecule has 0 bridgehead atoms. The molecule has 0 saturated carbocycles.